The maximum Gasteiger partial charge on any atom is 0.301 e. The van der Waals surface area contributed by atoms with Gasteiger partial charge < -0.3 is 14.6 Å². The van der Waals surface area contributed by atoms with E-state index in [1.807, 2.05) is 6.92 Å². The Labute approximate surface area is 250 Å². The van der Waals surface area contributed by atoms with Crippen molar-refractivity contribution in [2.45, 2.75) is 23.1 Å². The number of Topliss-reactive ketones (excluding diaryl/α,β-unsaturated/α-hetero) is 1. The van der Waals surface area contributed by atoms with E-state index in [9.17, 15) is 19.1 Å². The van der Waals surface area contributed by atoms with E-state index >= 15 is 0 Å². The van der Waals surface area contributed by atoms with Crippen LogP contribution in [0, 0.1) is 5.82 Å². The molecule has 1 unspecified atom stereocenters. The molecule has 0 bridgehead atoms. The van der Waals surface area contributed by atoms with Crippen LogP contribution in [0.1, 0.15) is 29.7 Å². The number of rotatable bonds is 11. The van der Waals surface area contributed by atoms with E-state index < -0.39 is 17.7 Å². The molecule has 1 N–H and O–H groups in total. The second-order valence-corrected chi connectivity index (χ2v) is 11.2. The fraction of sp³-hybridized carbons (Fsp3) is 0.161. The molecule has 0 saturated carbocycles. The highest BCUT2D eigenvalue weighted by molar-refractivity contribution is 8.00. The summed E-state index contributed by atoms with van der Waals surface area (Å²) < 4.78 is 25.4. The van der Waals surface area contributed by atoms with Gasteiger partial charge in [0.1, 0.15) is 18.2 Å². The summed E-state index contributed by atoms with van der Waals surface area (Å²) in [6.45, 7) is 6.12. The Hall–Kier alpha value is -4.48. The van der Waals surface area contributed by atoms with Gasteiger partial charge in [-0.1, -0.05) is 84.3 Å². The zero-order chi connectivity index (χ0) is 29.6. The first-order valence-electron chi connectivity index (χ1n) is 13.0. The Balaban J connectivity index is 1.56. The van der Waals surface area contributed by atoms with Crippen molar-refractivity contribution in [3.05, 3.63) is 114 Å². The van der Waals surface area contributed by atoms with Gasteiger partial charge in [0, 0.05) is 11.3 Å². The lowest BCUT2D eigenvalue weighted by atomic mass is 9.95. The first kappa shape index (κ1) is 29.0. The topological polar surface area (TPSA) is 102 Å². The summed E-state index contributed by atoms with van der Waals surface area (Å²) in [4.78, 5) is 28.3. The number of aliphatic hydroxyl groups excluding tert-OH is 1. The molecule has 1 fully saturated rings. The number of carbonyl (C=O) groups excluding carboxylic acids is 2. The summed E-state index contributed by atoms with van der Waals surface area (Å²) in [5.41, 5.74) is 1.72. The molecule has 0 spiro atoms. The quantitative estimate of drug-likeness (QED) is 0.0514. The Bertz CT molecular complexity index is 1640. The number of ketones is 1. The third kappa shape index (κ3) is 6.07. The number of carbonyl (C=O) groups is 2. The Morgan fingerprint density at radius 1 is 1.07 bits per heavy atom. The fourth-order valence-corrected chi connectivity index (χ4v) is 6.24. The molecule has 1 amide bonds. The molecule has 1 aliphatic heterocycles. The van der Waals surface area contributed by atoms with Gasteiger partial charge in [0.2, 0.25) is 5.13 Å². The zero-order valence-corrected chi connectivity index (χ0v) is 24.2. The number of ether oxygens (including phenoxy) is 2. The summed E-state index contributed by atoms with van der Waals surface area (Å²) in [5.74, 6) is -0.918. The highest BCUT2D eigenvalue weighted by atomic mass is 32.2. The third-order valence-corrected chi connectivity index (χ3v) is 8.44. The van der Waals surface area contributed by atoms with Crippen LogP contribution in [0.2, 0.25) is 0 Å². The van der Waals surface area contributed by atoms with Crippen molar-refractivity contribution in [1.82, 2.24) is 10.2 Å². The van der Waals surface area contributed by atoms with Crippen molar-refractivity contribution in [2.24, 2.45) is 0 Å². The first-order valence-corrected chi connectivity index (χ1v) is 14.8. The number of hydrogen-bond donors (Lipinski definition) is 1. The van der Waals surface area contributed by atoms with E-state index in [0.29, 0.717) is 39.3 Å². The zero-order valence-electron chi connectivity index (χ0n) is 22.5. The van der Waals surface area contributed by atoms with Gasteiger partial charge >= 0.3 is 5.91 Å². The second-order valence-electron chi connectivity index (χ2n) is 9.04. The SMILES string of the molecule is C=CCOc1ccc(C2/C(=C(\O)c3ccccc3)C(=O)C(=O)N2c2nnc(SCc3ccc(F)cc3)s2)cc1OCC. The van der Waals surface area contributed by atoms with Crippen LogP contribution in [0.3, 0.4) is 0 Å². The molecule has 11 heteroatoms. The normalized spacial score (nSPS) is 16.0. The van der Waals surface area contributed by atoms with Crippen LogP contribution in [0.25, 0.3) is 5.76 Å². The molecule has 1 aliphatic rings. The molecule has 2 heterocycles. The number of aromatic nitrogens is 2. The van der Waals surface area contributed by atoms with Gasteiger partial charge in [-0.05, 0) is 42.3 Å². The number of benzene rings is 3. The molecule has 0 aliphatic carbocycles. The predicted octanol–water partition coefficient (Wildman–Crippen LogP) is 6.56. The van der Waals surface area contributed by atoms with Crippen molar-refractivity contribution in [3.8, 4) is 11.5 Å². The number of thioether (sulfide) groups is 1. The standard InChI is InChI=1S/C31H26FN3O5S2/c1-3-16-40-23-15-12-21(17-24(23)39-4-2)26-25(27(36)20-8-6-5-7-9-20)28(37)29(38)35(26)30-33-34-31(42-30)41-18-19-10-13-22(32)14-11-19/h3,5-15,17,26,36H,1,4,16,18H2,2H3/b27-25+. The number of nitrogens with zero attached hydrogens (tertiary/aromatic N) is 3. The lowest BCUT2D eigenvalue weighted by molar-refractivity contribution is -0.132. The van der Waals surface area contributed by atoms with Crippen LogP contribution in [-0.4, -0.2) is 40.2 Å². The minimum Gasteiger partial charge on any atom is -0.507 e. The minimum absolute atomic E-state index is 0.0795. The van der Waals surface area contributed by atoms with E-state index in [1.54, 1.807) is 66.7 Å². The maximum atomic E-state index is 13.5. The number of amides is 1. The molecular weight excluding hydrogens is 577 g/mol. The summed E-state index contributed by atoms with van der Waals surface area (Å²) in [7, 11) is 0. The van der Waals surface area contributed by atoms with Gasteiger partial charge in [-0.15, -0.1) is 10.2 Å². The average molecular weight is 604 g/mol. The number of halogens is 1. The lowest BCUT2D eigenvalue weighted by Gasteiger charge is -2.23. The fourth-order valence-electron chi connectivity index (χ4n) is 4.41. The van der Waals surface area contributed by atoms with E-state index in [0.717, 1.165) is 16.9 Å². The van der Waals surface area contributed by atoms with Crippen molar-refractivity contribution in [1.29, 1.82) is 0 Å². The summed E-state index contributed by atoms with van der Waals surface area (Å²) in [5, 5.41) is 20.0. The molecule has 1 atom stereocenters. The van der Waals surface area contributed by atoms with Gasteiger partial charge in [-0.2, -0.15) is 0 Å². The highest BCUT2D eigenvalue weighted by Gasteiger charge is 2.48. The van der Waals surface area contributed by atoms with Gasteiger partial charge in [-0.3, -0.25) is 14.5 Å². The largest absolute Gasteiger partial charge is 0.507 e. The van der Waals surface area contributed by atoms with E-state index in [-0.39, 0.29) is 28.9 Å². The summed E-state index contributed by atoms with van der Waals surface area (Å²) >= 11 is 2.52. The van der Waals surface area contributed by atoms with Gasteiger partial charge in [-0.25, -0.2) is 4.39 Å². The lowest BCUT2D eigenvalue weighted by Crippen LogP contribution is -2.29. The maximum absolute atomic E-state index is 13.5. The molecular formula is C31H26FN3O5S2. The van der Waals surface area contributed by atoms with Crippen molar-refractivity contribution >= 4 is 45.7 Å². The van der Waals surface area contributed by atoms with Crippen LogP contribution in [0.5, 0.6) is 11.5 Å². The Morgan fingerprint density at radius 2 is 1.83 bits per heavy atom. The summed E-state index contributed by atoms with van der Waals surface area (Å²) in [6, 6.07) is 18.8. The van der Waals surface area contributed by atoms with Gasteiger partial charge in [0.05, 0.1) is 18.2 Å². The Morgan fingerprint density at radius 3 is 2.55 bits per heavy atom. The number of aliphatic hydroxyl groups is 1. The van der Waals surface area contributed by atoms with Crippen molar-refractivity contribution in [3.63, 3.8) is 0 Å². The van der Waals surface area contributed by atoms with Gasteiger partial charge in [0.15, 0.2) is 15.8 Å². The van der Waals surface area contributed by atoms with Crippen molar-refractivity contribution in [2.75, 3.05) is 18.1 Å². The highest BCUT2D eigenvalue weighted by Crippen LogP contribution is 2.45. The molecule has 3 aromatic carbocycles. The summed E-state index contributed by atoms with van der Waals surface area (Å²) in [6.07, 6.45) is 1.61. The first-order chi connectivity index (χ1) is 20.4. The molecule has 5 rings (SSSR count). The molecule has 4 aromatic rings. The molecule has 42 heavy (non-hydrogen) atoms. The number of anilines is 1. The van der Waals surface area contributed by atoms with Crippen LogP contribution in [-0.2, 0) is 15.3 Å². The smallest absolute Gasteiger partial charge is 0.301 e. The number of hydrogen-bond acceptors (Lipinski definition) is 9. The molecule has 1 saturated heterocycles. The monoisotopic (exact) mass is 603 g/mol. The average Bonchev–Trinajstić information content (AvgIpc) is 3.58. The van der Waals surface area contributed by atoms with E-state index in [2.05, 4.69) is 16.8 Å². The second kappa shape index (κ2) is 13.0. The molecule has 214 valence electrons. The van der Waals surface area contributed by atoms with Crippen molar-refractivity contribution < 1.29 is 28.6 Å². The molecule has 1 aromatic heterocycles. The van der Waals surface area contributed by atoms with E-state index in [1.165, 1.54) is 28.8 Å². The minimum atomic E-state index is -1.01. The van der Waals surface area contributed by atoms with Crippen LogP contribution >= 0.6 is 23.1 Å². The Kier molecular flexibility index (Phi) is 8.99. The van der Waals surface area contributed by atoms with Crippen LogP contribution in [0.4, 0.5) is 9.52 Å². The van der Waals surface area contributed by atoms with E-state index in [4.69, 9.17) is 9.47 Å². The molecule has 8 nitrogen and oxygen atoms in total. The third-order valence-electron chi connectivity index (χ3n) is 6.31. The molecule has 0 radical (unpaired) electrons. The van der Waals surface area contributed by atoms with Crippen LogP contribution in [0.15, 0.2) is 95.4 Å². The van der Waals surface area contributed by atoms with Crippen LogP contribution < -0.4 is 14.4 Å². The van der Waals surface area contributed by atoms with Gasteiger partial charge in [0.25, 0.3) is 5.78 Å². The predicted molar refractivity (Wildman–Crippen MR) is 160 cm³/mol.